The van der Waals surface area contributed by atoms with Gasteiger partial charge >= 0.3 is 12.3 Å². The number of halogens is 4. The second-order valence-electron chi connectivity index (χ2n) is 6.06. The maximum absolute atomic E-state index is 13.0. The number of ether oxygens (including phenoxy) is 1. The number of benzene rings is 1. The van der Waals surface area contributed by atoms with Crippen molar-refractivity contribution in [3.8, 4) is 0 Å². The number of carbonyl (C=O) groups excluding carboxylic acids is 1. The SMILES string of the molecule is CC(C)(C)OC(=O)N(c1cccc(C(F)(F)F)c1)c1cc(Cl)ncn1. The monoisotopic (exact) mass is 373 g/mol. The van der Waals surface area contributed by atoms with Crippen LogP contribution in [0.15, 0.2) is 36.7 Å². The summed E-state index contributed by atoms with van der Waals surface area (Å²) >= 11 is 5.81. The molecule has 0 aliphatic carbocycles. The van der Waals surface area contributed by atoms with E-state index in [4.69, 9.17) is 16.3 Å². The summed E-state index contributed by atoms with van der Waals surface area (Å²) in [6.45, 7) is 4.92. The predicted molar refractivity (Wildman–Crippen MR) is 86.9 cm³/mol. The van der Waals surface area contributed by atoms with Gasteiger partial charge in [0.25, 0.3) is 0 Å². The van der Waals surface area contributed by atoms with Crippen LogP contribution < -0.4 is 4.90 Å². The Morgan fingerprint density at radius 1 is 1.16 bits per heavy atom. The Morgan fingerprint density at radius 2 is 1.84 bits per heavy atom. The Kier molecular flexibility index (Phi) is 5.22. The number of hydrogen-bond donors (Lipinski definition) is 0. The fourth-order valence-electron chi connectivity index (χ4n) is 1.91. The van der Waals surface area contributed by atoms with Crippen LogP contribution in [-0.4, -0.2) is 21.7 Å². The van der Waals surface area contributed by atoms with E-state index in [9.17, 15) is 18.0 Å². The molecule has 0 aliphatic rings. The van der Waals surface area contributed by atoms with Crippen LogP contribution in [-0.2, 0) is 10.9 Å². The Morgan fingerprint density at radius 3 is 2.40 bits per heavy atom. The molecule has 0 aliphatic heterocycles. The quantitative estimate of drug-likeness (QED) is 0.677. The third-order valence-electron chi connectivity index (χ3n) is 2.86. The normalized spacial score (nSPS) is 12.0. The highest BCUT2D eigenvalue weighted by molar-refractivity contribution is 6.29. The molecule has 0 bridgehead atoms. The number of hydrogen-bond acceptors (Lipinski definition) is 4. The molecule has 9 heteroatoms. The molecule has 0 spiro atoms. The molecule has 0 fully saturated rings. The molecular weight excluding hydrogens is 359 g/mol. The van der Waals surface area contributed by atoms with E-state index in [2.05, 4.69) is 9.97 Å². The van der Waals surface area contributed by atoms with E-state index in [0.29, 0.717) is 0 Å². The Labute approximate surface area is 147 Å². The highest BCUT2D eigenvalue weighted by atomic mass is 35.5. The highest BCUT2D eigenvalue weighted by Gasteiger charge is 2.32. The van der Waals surface area contributed by atoms with Gasteiger partial charge in [-0.2, -0.15) is 13.2 Å². The molecular formula is C16H15ClF3N3O2. The molecule has 0 saturated heterocycles. The van der Waals surface area contributed by atoms with Crippen LogP contribution in [0.25, 0.3) is 0 Å². The van der Waals surface area contributed by atoms with Gasteiger partial charge in [0.2, 0.25) is 0 Å². The molecule has 2 aromatic rings. The van der Waals surface area contributed by atoms with Crippen molar-refractivity contribution in [3.05, 3.63) is 47.4 Å². The van der Waals surface area contributed by atoms with E-state index in [0.717, 1.165) is 23.4 Å². The van der Waals surface area contributed by atoms with Gasteiger partial charge in [-0.15, -0.1) is 0 Å². The maximum Gasteiger partial charge on any atom is 0.420 e. The van der Waals surface area contributed by atoms with Crippen molar-refractivity contribution in [3.63, 3.8) is 0 Å². The van der Waals surface area contributed by atoms with Crippen molar-refractivity contribution in [2.45, 2.75) is 32.5 Å². The minimum atomic E-state index is -4.56. The first kappa shape index (κ1) is 19.0. The van der Waals surface area contributed by atoms with Crippen molar-refractivity contribution < 1.29 is 22.7 Å². The van der Waals surface area contributed by atoms with Gasteiger partial charge in [0.05, 0.1) is 11.3 Å². The van der Waals surface area contributed by atoms with Crippen molar-refractivity contribution in [2.24, 2.45) is 0 Å². The van der Waals surface area contributed by atoms with Crippen LogP contribution in [0.2, 0.25) is 5.15 Å². The van der Waals surface area contributed by atoms with E-state index in [-0.39, 0.29) is 16.7 Å². The first-order valence-corrected chi connectivity index (χ1v) is 7.53. The Balaban J connectivity index is 2.54. The lowest BCUT2D eigenvalue weighted by Gasteiger charge is -2.27. The second kappa shape index (κ2) is 6.87. The summed E-state index contributed by atoms with van der Waals surface area (Å²) in [4.78, 5) is 21.1. The van der Waals surface area contributed by atoms with Crippen LogP contribution in [0.3, 0.4) is 0 Å². The molecule has 0 saturated carbocycles. The van der Waals surface area contributed by atoms with Gasteiger partial charge in [0, 0.05) is 6.07 Å². The zero-order chi connectivity index (χ0) is 18.8. The summed E-state index contributed by atoms with van der Waals surface area (Å²) in [5.41, 5.74) is -1.81. The lowest BCUT2D eigenvalue weighted by Crippen LogP contribution is -2.34. The van der Waals surface area contributed by atoms with Crippen LogP contribution in [0.4, 0.5) is 29.5 Å². The predicted octanol–water partition coefficient (Wildman–Crippen LogP) is 5.22. The van der Waals surface area contributed by atoms with Crippen molar-refractivity contribution >= 4 is 29.2 Å². The lowest BCUT2D eigenvalue weighted by atomic mass is 10.2. The summed E-state index contributed by atoms with van der Waals surface area (Å²) in [7, 11) is 0. The van der Waals surface area contributed by atoms with Gasteiger partial charge in [-0.05, 0) is 39.0 Å². The van der Waals surface area contributed by atoms with Crippen molar-refractivity contribution in [2.75, 3.05) is 4.90 Å². The molecule has 0 atom stereocenters. The largest absolute Gasteiger partial charge is 0.443 e. The van der Waals surface area contributed by atoms with Gasteiger partial charge in [-0.25, -0.2) is 19.7 Å². The standard InChI is InChI=1S/C16H15ClF3N3O2/c1-15(2,3)25-14(24)23(13-8-12(17)21-9-22-13)11-6-4-5-10(7-11)16(18,19)20/h4-9H,1-3H3. The molecule has 5 nitrogen and oxygen atoms in total. The summed E-state index contributed by atoms with van der Waals surface area (Å²) in [5.74, 6) is -0.00595. The average molecular weight is 374 g/mol. The summed E-state index contributed by atoms with van der Waals surface area (Å²) in [6, 6.07) is 5.53. The van der Waals surface area contributed by atoms with Crippen LogP contribution >= 0.6 is 11.6 Å². The summed E-state index contributed by atoms with van der Waals surface area (Å²) in [6.07, 6.45) is -4.34. The van der Waals surface area contributed by atoms with Gasteiger partial charge in [-0.1, -0.05) is 17.7 Å². The number of carbonyl (C=O) groups is 1. The molecule has 0 radical (unpaired) electrons. The summed E-state index contributed by atoms with van der Waals surface area (Å²) in [5, 5.41) is 0.0329. The van der Waals surface area contributed by atoms with Crippen molar-refractivity contribution in [1.29, 1.82) is 0 Å². The molecule has 1 aromatic heterocycles. The van der Waals surface area contributed by atoms with Crippen LogP contribution in [0.1, 0.15) is 26.3 Å². The minimum Gasteiger partial charge on any atom is -0.443 e. The van der Waals surface area contributed by atoms with E-state index in [1.807, 2.05) is 0 Å². The smallest absolute Gasteiger partial charge is 0.420 e. The minimum absolute atomic E-state index is 0.00595. The van der Waals surface area contributed by atoms with Crippen molar-refractivity contribution in [1.82, 2.24) is 9.97 Å². The Bertz CT molecular complexity index is 776. The number of amides is 1. The number of rotatable bonds is 2. The van der Waals surface area contributed by atoms with Gasteiger partial charge in [0.1, 0.15) is 22.9 Å². The fourth-order valence-corrected chi connectivity index (χ4v) is 2.05. The molecule has 0 N–H and O–H groups in total. The molecule has 1 heterocycles. The molecule has 0 unspecified atom stereocenters. The van der Waals surface area contributed by atoms with Gasteiger partial charge < -0.3 is 4.74 Å². The average Bonchev–Trinajstić information content (AvgIpc) is 2.45. The maximum atomic E-state index is 13.0. The molecule has 2 rings (SSSR count). The lowest BCUT2D eigenvalue weighted by molar-refractivity contribution is -0.137. The molecule has 134 valence electrons. The number of aromatic nitrogens is 2. The third-order valence-corrected chi connectivity index (χ3v) is 3.06. The van der Waals surface area contributed by atoms with E-state index in [1.54, 1.807) is 20.8 Å². The van der Waals surface area contributed by atoms with Crippen LogP contribution in [0.5, 0.6) is 0 Å². The molecule has 1 aromatic carbocycles. The summed E-state index contributed by atoms with van der Waals surface area (Å²) < 4.78 is 44.2. The molecule has 1 amide bonds. The highest BCUT2D eigenvalue weighted by Crippen LogP contribution is 2.34. The number of nitrogens with zero attached hydrogens (tertiary/aromatic N) is 3. The van der Waals surface area contributed by atoms with Crippen LogP contribution in [0, 0.1) is 0 Å². The molecule has 25 heavy (non-hydrogen) atoms. The van der Waals surface area contributed by atoms with E-state index in [1.165, 1.54) is 18.2 Å². The van der Waals surface area contributed by atoms with E-state index < -0.39 is 23.4 Å². The zero-order valence-corrected chi connectivity index (χ0v) is 14.4. The number of alkyl halides is 3. The first-order chi connectivity index (χ1) is 11.5. The third kappa shape index (κ3) is 5.06. The Hall–Kier alpha value is -2.35. The topological polar surface area (TPSA) is 55.3 Å². The first-order valence-electron chi connectivity index (χ1n) is 7.15. The zero-order valence-electron chi connectivity index (χ0n) is 13.6. The van der Waals surface area contributed by atoms with Gasteiger partial charge in [0.15, 0.2) is 0 Å². The van der Waals surface area contributed by atoms with E-state index >= 15 is 0 Å². The van der Waals surface area contributed by atoms with Gasteiger partial charge in [-0.3, -0.25) is 0 Å². The number of anilines is 2. The second-order valence-corrected chi connectivity index (χ2v) is 6.45. The fraction of sp³-hybridized carbons (Fsp3) is 0.312.